The predicted molar refractivity (Wildman–Crippen MR) is 89.8 cm³/mol. The van der Waals surface area contributed by atoms with Crippen LogP contribution in [0, 0.1) is 5.92 Å². The fourth-order valence-electron chi connectivity index (χ4n) is 3.01. The second kappa shape index (κ2) is 8.04. The molecule has 0 aliphatic heterocycles. The molecule has 0 aromatic carbocycles. The standard InChI is InChI=1S/C15H27N5O3S/c1-4-9-20-14(17-18-19-20)10-24(22,23)12(3)15(21)16-13-8-6-5-7-11(13)2/h11-13H,4-10H2,1-3H3,(H,16,21). The summed E-state index contributed by atoms with van der Waals surface area (Å²) in [7, 11) is -3.67. The molecule has 136 valence electrons. The Bertz CT molecular complexity index is 658. The van der Waals surface area contributed by atoms with E-state index in [9.17, 15) is 13.2 Å². The van der Waals surface area contributed by atoms with Gasteiger partial charge < -0.3 is 5.32 Å². The molecule has 0 radical (unpaired) electrons. The average Bonchev–Trinajstić information content (AvgIpc) is 2.95. The minimum absolute atomic E-state index is 0.0642. The van der Waals surface area contributed by atoms with Crippen LogP contribution in [-0.4, -0.2) is 45.8 Å². The lowest BCUT2D eigenvalue weighted by Crippen LogP contribution is -2.47. The number of rotatable bonds is 7. The van der Waals surface area contributed by atoms with E-state index in [1.165, 1.54) is 18.0 Å². The van der Waals surface area contributed by atoms with Gasteiger partial charge in [-0.2, -0.15) is 0 Å². The lowest BCUT2D eigenvalue weighted by molar-refractivity contribution is -0.121. The zero-order valence-corrected chi connectivity index (χ0v) is 15.4. The molecule has 1 aromatic rings. The molecule has 3 unspecified atom stereocenters. The first-order valence-corrected chi connectivity index (χ1v) is 10.3. The van der Waals surface area contributed by atoms with Gasteiger partial charge in [0.15, 0.2) is 15.7 Å². The molecule has 1 aliphatic rings. The third kappa shape index (κ3) is 4.52. The van der Waals surface area contributed by atoms with E-state index in [2.05, 4.69) is 27.8 Å². The van der Waals surface area contributed by atoms with Gasteiger partial charge in [0.1, 0.15) is 11.0 Å². The highest BCUT2D eigenvalue weighted by Gasteiger charge is 2.32. The highest BCUT2D eigenvalue weighted by atomic mass is 32.2. The maximum atomic E-state index is 12.5. The summed E-state index contributed by atoms with van der Waals surface area (Å²) < 4.78 is 26.6. The van der Waals surface area contributed by atoms with E-state index in [1.54, 1.807) is 0 Å². The van der Waals surface area contributed by atoms with Crippen molar-refractivity contribution in [2.24, 2.45) is 5.92 Å². The van der Waals surface area contributed by atoms with Crippen molar-refractivity contribution >= 4 is 15.7 Å². The molecule has 1 N–H and O–H groups in total. The smallest absolute Gasteiger partial charge is 0.238 e. The molecule has 0 bridgehead atoms. The molecule has 3 atom stereocenters. The number of nitrogens with one attached hydrogen (secondary N) is 1. The molecule has 2 rings (SSSR count). The van der Waals surface area contributed by atoms with Crippen LogP contribution in [0.25, 0.3) is 0 Å². The molecule has 8 nitrogen and oxygen atoms in total. The zero-order valence-electron chi connectivity index (χ0n) is 14.6. The van der Waals surface area contributed by atoms with Gasteiger partial charge in [0.05, 0.1) is 0 Å². The predicted octanol–water partition coefficient (Wildman–Crippen LogP) is 1.08. The monoisotopic (exact) mass is 357 g/mol. The van der Waals surface area contributed by atoms with Gasteiger partial charge in [-0.3, -0.25) is 4.79 Å². The average molecular weight is 357 g/mol. The van der Waals surface area contributed by atoms with Crippen molar-refractivity contribution in [3.8, 4) is 0 Å². The largest absolute Gasteiger partial charge is 0.352 e. The Hall–Kier alpha value is -1.51. The van der Waals surface area contributed by atoms with Crippen LogP contribution in [-0.2, 0) is 26.9 Å². The summed E-state index contributed by atoms with van der Waals surface area (Å²) in [5.41, 5.74) is 0. The molecular formula is C15H27N5O3S. The van der Waals surface area contributed by atoms with Gasteiger partial charge in [0.25, 0.3) is 0 Å². The van der Waals surface area contributed by atoms with Gasteiger partial charge in [0.2, 0.25) is 5.91 Å². The molecule has 0 spiro atoms. The maximum Gasteiger partial charge on any atom is 0.238 e. The molecule has 1 heterocycles. The number of hydrogen-bond acceptors (Lipinski definition) is 6. The topological polar surface area (TPSA) is 107 Å². The molecule has 1 amide bonds. The van der Waals surface area contributed by atoms with Crippen LogP contribution < -0.4 is 5.32 Å². The van der Waals surface area contributed by atoms with Crippen molar-refractivity contribution in [1.82, 2.24) is 25.5 Å². The van der Waals surface area contributed by atoms with Crippen molar-refractivity contribution in [2.45, 2.75) is 76.5 Å². The van der Waals surface area contributed by atoms with Crippen LogP contribution in [0.4, 0.5) is 0 Å². The van der Waals surface area contributed by atoms with Gasteiger partial charge in [0, 0.05) is 12.6 Å². The van der Waals surface area contributed by atoms with Crippen LogP contribution in [0.5, 0.6) is 0 Å². The van der Waals surface area contributed by atoms with Gasteiger partial charge >= 0.3 is 0 Å². The Labute approximate surface area is 143 Å². The fourth-order valence-corrected chi connectivity index (χ4v) is 4.22. The summed E-state index contributed by atoms with van der Waals surface area (Å²) >= 11 is 0. The van der Waals surface area contributed by atoms with Crippen LogP contribution in [0.15, 0.2) is 0 Å². The number of sulfone groups is 1. The van der Waals surface area contributed by atoms with Gasteiger partial charge in [-0.05, 0) is 42.5 Å². The number of aromatic nitrogens is 4. The van der Waals surface area contributed by atoms with Crippen LogP contribution in [0.1, 0.15) is 58.7 Å². The third-order valence-electron chi connectivity index (χ3n) is 4.72. The first-order chi connectivity index (χ1) is 11.3. The van der Waals surface area contributed by atoms with E-state index in [0.717, 1.165) is 25.7 Å². The van der Waals surface area contributed by atoms with Gasteiger partial charge in [-0.1, -0.05) is 26.7 Å². The van der Waals surface area contributed by atoms with Crippen molar-refractivity contribution in [1.29, 1.82) is 0 Å². The van der Waals surface area contributed by atoms with E-state index in [-0.39, 0.29) is 17.6 Å². The van der Waals surface area contributed by atoms with E-state index in [0.29, 0.717) is 12.5 Å². The minimum atomic E-state index is -3.67. The first kappa shape index (κ1) is 18.8. The van der Waals surface area contributed by atoms with E-state index in [4.69, 9.17) is 0 Å². The second-order valence-electron chi connectivity index (χ2n) is 6.64. The Balaban J connectivity index is 2.02. The number of carbonyl (C=O) groups is 1. The lowest BCUT2D eigenvalue weighted by atomic mass is 9.86. The van der Waals surface area contributed by atoms with Gasteiger partial charge in [-0.15, -0.1) is 5.10 Å². The fraction of sp³-hybridized carbons (Fsp3) is 0.867. The normalized spacial score (nSPS) is 23.0. The number of carbonyl (C=O) groups excluding carboxylic acids is 1. The Morgan fingerprint density at radius 2 is 2.08 bits per heavy atom. The van der Waals surface area contributed by atoms with Crippen molar-refractivity contribution < 1.29 is 13.2 Å². The number of hydrogen-bond donors (Lipinski definition) is 1. The summed E-state index contributed by atoms with van der Waals surface area (Å²) in [6, 6.07) is 0.0642. The molecule has 1 fully saturated rings. The Morgan fingerprint density at radius 3 is 2.75 bits per heavy atom. The minimum Gasteiger partial charge on any atom is -0.352 e. The van der Waals surface area contributed by atoms with Crippen molar-refractivity contribution in [3.05, 3.63) is 5.82 Å². The quantitative estimate of drug-likeness (QED) is 0.782. The second-order valence-corrected chi connectivity index (χ2v) is 8.97. The summed E-state index contributed by atoms with van der Waals surface area (Å²) in [6.07, 6.45) is 5.02. The zero-order chi connectivity index (χ0) is 17.7. The van der Waals surface area contributed by atoms with Crippen molar-refractivity contribution in [2.75, 3.05) is 0 Å². The highest BCUT2D eigenvalue weighted by molar-refractivity contribution is 7.92. The number of aryl methyl sites for hydroxylation is 1. The van der Waals surface area contributed by atoms with Crippen molar-refractivity contribution in [3.63, 3.8) is 0 Å². The molecule has 24 heavy (non-hydrogen) atoms. The highest BCUT2D eigenvalue weighted by Crippen LogP contribution is 2.24. The Morgan fingerprint density at radius 1 is 1.38 bits per heavy atom. The molecule has 1 aliphatic carbocycles. The number of amides is 1. The summed E-state index contributed by atoms with van der Waals surface area (Å²) in [5, 5.41) is 12.9. The summed E-state index contributed by atoms with van der Waals surface area (Å²) in [5.74, 6) is -0.0882. The summed E-state index contributed by atoms with van der Waals surface area (Å²) in [6.45, 7) is 6.05. The van der Waals surface area contributed by atoms with E-state index >= 15 is 0 Å². The molecule has 9 heteroatoms. The number of tetrazole rings is 1. The first-order valence-electron chi connectivity index (χ1n) is 8.62. The van der Waals surface area contributed by atoms with E-state index in [1.807, 2.05) is 6.92 Å². The molecule has 0 saturated heterocycles. The molecular weight excluding hydrogens is 330 g/mol. The van der Waals surface area contributed by atoms with Crippen LogP contribution in [0.2, 0.25) is 0 Å². The van der Waals surface area contributed by atoms with E-state index < -0.39 is 21.0 Å². The maximum absolute atomic E-state index is 12.5. The number of nitrogens with zero attached hydrogens (tertiary/aromatic N) is 4. The molecule has 1 aromatic heterocycles. The SMILES string of the molecule is CCCn1nnnc1CS(=O)(=O)C(C)C(=O)NC1CCCCC1C. The Kier molecular flexibility index (Phi) is 6.31. The van der Waals surface area contributed by atoms with Gasteiger partial charge in [-0.25, -0.2) is 13.1 Å². The summed E-state index contributed by atoms with van der Waals surface area (Å²) in [4.78, 5) is 12.4. The van der Waals surface area contributed by atoms with Crippen LogP contribution >= 0.6 is 0 Å². The third-order valence-corrected chi connectivity index (χ3v) is 6.67. The van der Waals surface area contributed by atoms with Crippen LogP contribution in [0.3, 0.4) is 0 Å². The molecule has 1 saturated carbocycles. The lowest BCUT2D eigenvalue weighted by Gasteiger charge is -2.30.